The predicted octanol–water partition coefficient (Wildman–Crippen LogP) is 2.50. The zero-order valence-electron chi connectivity index (χ0n) is 11.3. The average Bonchev–Trinajstić information content (AvgIpc) is 2.47. The van der Waals surface area contributed by atoms with Crippen molar-refractivity contribution in [3.8, 4) is 5.75 Å². The highest BCUT2D eigenvalue weighted by molar-refractivity contribution is 5.94. The van der Waals surface area contributed by atoms with Gasteiger partial charge in [0.2, 0.25) is 0 Å². The van der Waals surface area contributed by atoms with Crippen molar-refractivity contribution in [1.82, 2.24) is 9.88 Å². The van der Waals surface area contributed by atoms with E-state index in [0.717, 1.165) is 11.8 Å². The highest BCUT2D eigenvalue weighted by Crippen LogP contribution is 2.19. The van der Waals surface area contributed by atoms with Gasteiger partial charge < -0.3 is 9.64 Å². The lowest BCUT2D eigenvalue weighted by Crippen LogP contribution is -2.27. The number of aromatic nitrogens is 1. The smallest absolute Gasteiger partial charge is 0.256 e. The SMILES string of the molecule is COc1ccccc1CN(C)C(=O)c1ccncc1F. The van der Waals surface area contributed by atoms with E-state index in [4.69, 9.17) is 4.74 Å². The van der Waals surface area contributed by atoms with Crippen LogP contribution in [0.1, 0.15) is 15.9 Å². The summed E-state index contributed by atoms with van der Waals surface area (Å²) in [4.78, 5) is 17.3. The Bertz CT molecular complexity index is 616. The minimum absolute atomic E-state index is 0.0115. The number of methoxy groups -OCH3 is 1. The summed E-state index contributed by atoms with van der Waals surface area (Å²) in [7, 11) is 3.19. The molecule has 0 spiro atoms. The molecule has 0 atom stereocenters. The van der Waals surface area contributed by atoms with E-state index < -0.39 is 11.7 Å². The minimum Gasteiger partial charge on any atom is -0.496 e. The van der Waals surface area contributed by atoms with Gasteiger partial charge in [-0.25, -0.2) is 4.39 Å². The van der Waals surface area contributed by atoms with E-state index in [9.17, 15) is 9.18 Å². The third kappa shape index (κ3) is 2.93. The van der Waals surface area contributed by atoms with Crippen LogP contribution in [0.15, 0.2) is 42.7 Å². The van der Waals surface area contributed by atoms with Crippen molar-refractivity contribution < 1.29 is 13.9 Å². The van der Waals surface area contributed by atoms with Crippen LogP contribution in [-0.2, 0) is 6.54 Å². The van der Waals surface area contributed by atoms with Crippen LogP contribution in [0.4, 0.5) is 4.39 Å². The standard InChI is InChI=1S/C15H15FN2O2/c1-18(10-11-5-3-4-6-14(11)20-2)15(19)12-7-8-17-9-13(12)16/h3-9H,10H2,1-2H3. The molecule has 4 nitrogen and oxygen atoms in total. The third-order valence-electron chi connectivity index (χ3n) is 2.95. The number of benzene rings is 1. The van der Waals surface area contributed by atoms with Gasteiger partial charge in [-0.15, -0.1) is 0 Å². The molecule has 0 bridgehead atoms. The van der Waals surface area contributed by atoms with Crippen LogP contribution in [0.2, 0.25) is 0 Å². The molecule has 0 unspecified atom stereocenters. The van der Waals surface area contributed by atoms with Crippen molar-refractivity contribution in [3.63, 3.8) is 0 Å². The summed E-state index contributed by atoms with van der Waals surface area (Å²) < 4.78 is 18.8. The second-order valence-corrected chi connectivity index (χ2v) is 4.33. The number of carbonyl (C=O) groups is 1. The molecule has 20 heavy (non-hydrogen) atoms. The number of hydrogen-bond donors (Lipinski definition) is 0. The number of halogens is 1. The lowest BCUT2D eigenvalue weighted by atomic mass is 10.1. The lowest BCUT2D eigenvalue weighted by molar-refractivity contribution is 0.0779. The summed E-state index contributed by atoms with van der Waals surface area (Å²) >= 11 is 0. The third-order valence-corrected chi connectivity index (χ3v) is 2.95. The van der Waals surface area contributed by atoms with Crippen LogP contribution < -0.4 is 4.74 Å². The van der Waals surface area contributed by atoms with Crippen LogP contribution >= 0.6 is 0 Å². The zero-order valence-corrected chi connectivity index (χ0v) is 11.3. The number of amides is 1. The van der Waals surface area contributed by atoms with Crippen LogP contribution in [0.3, 0.4) is 0 Å². The van der Waals surface area contributed by atoms with E-state index in [1.165, 1.54) is 17.2 Å². The fourth-order valence-corrected chi connectivity index (χ4v) is 1.92. The van der Waals surface area contributed by atoms with Gasteiger partial charge in [0.05, 0.1) is 18.9 Å². The van der Waals surface area contributed by atoms with Gasteiger partial charge in [-0.3, -0.25) is 9.78 Å². The van der Waals surface area contributed by atoms with E-state index >= 15 is 0 Å². The maximum atomic E-state index is 13.5. The van der Waals surface area contributed by atoms with Gasteiger partial charge in [-0.1, -0.05) is 18.2 Å². The molecule has 0 saturated carbocycles. The van der Waals surface area contributed by atoms with Gasteiger partial charge in [0.25, 0.3) is 5.91 Å². The van der Waals surface area contributed by atoms with Crippen LogP contribution in [0.25, 0.3) is 0 Å². The molecule has 5 heteroatoms. The molecule has 0 saturated heterocycles. The van der Waals surface area contributed by atoms with Gasteiger partial charge in [0, 0.05) is 25.4 Å². The normalized spacial score (nSPS) is 10.2. The maximum absolute atomic E-state index is 13.5. The van der Waals surface area contributed by atoms with Crippen molar-refractivity contribution in [2.24, 2.45) is 0 Å². The molecular weight excluding hydrogens is 259 g/mol. The van der Waals surface area contributed by atoms with E-state index in [1.54, 1.807) is 14.2 Å². The summed E-state index contributed by atoms with van der Waals surface area (Å²) in [5, 5.41) is 0. The topological polar surface area (TPSA) is 42.4 Å². The van der Waals surface area contributed by atoms with Crippen molar-refractivity contribution in [2.75, 3.05) is 14.2 Å². The summed E-state index contributed by atoms with van der Waals surface area (Å²) in [5.41, 5.74) is 0.873. The summed E-state index contributed by atoms with van der Waals surface area (Å²) in [6.07, 6.45) is 2.43. The number of nitrogens with zero attached hydrogens (tertiary/aromatic N) is 2. The molecule has 104 valence electrons. The molecule has 2 rings (SSSR count). The molecular formula is C15H15FN2O2. The Morgan fingerprint density at radius 3 is 2.80 bits per heavy atom. The largest absolute Gasteiger partial charge is 0.496 e. The maximum Gasteiger partial charge on any atom is 0.256 e. The van der Waals surface area contributed by atoms with Crippen molar-refractivity contribution >= 4 is 5.91 Å². The van der Waals surface area contributed by atoms with Gasteiger partial charge in [0.15, 0.2) is 5.82 Å². The molecule has 0 aliphatic carbocycles. The molecule has 2 aromatic rings. The number of carbonyl (C=O) groups excluding carboxylic acids is 1. The van der Waals surface area contributed by atoms with E-state index in [1.807, 2.05) is 24.3 Å². The van der Waals surface area contributed by atoms with E-state index in [0.29, 0.717) is 12.3 Å². The molecule has 0 radical (unpaired) electrons. The molecule has 0 fully saturated rings. The Hall–Kier alpha value is -2.43. The second-order valence-electron chi connectivity index (χ2n) is 4.33. The monoisotopic (exact) mass is 274 g/mol. The first-order valence-electron chi connectivity index (χ1n) is 6.10. The predicted molar refractivity (Wildman–Crippen MR) is 73.0 cm³/mol. The van der Waals surface area contributed by atoms with Crippen molar-refractivity contribution in [1.29, 1.82) is 0 Å². The Morgan fingerprint density at radius 2 is 2.10 bits per heavy atom. The molecule has 0 aliphatic heterocycles. The molecule has 0 aliphatic rings. The Balaban J connectivity index is 2.18. The van der Waals surface area contributed by atoms with Crippen molar-refractivity contribution in [2.45, 2.75) is 6.54 Å². The molecule has 1 amide bonds. The van der Waals surface area contributed by atoms with Crippen LogP contribution in [0.5, 0.6) is 5.75 Å². The minimum atomic E-state index is -0.621. The number of pyridine rings is 1. The van der Waals surface area contributed by atoms with Gasteiger partial charge in [-0.2, -0.15) is 0 Å². The lowest BCUT2D eigenvalue weighted by Gasteiger charge is -2.19. The Labute approximate surface area is 116 Å². The Kier molecular flexibility index (Phi) is 4.30. The summed E-state index contributed by atoms with van der Waals surface area (Å²) in [5.74, 6) is -0.317. The van der Waals surface area contributed by atoms with Gasteiger partial charge in [0.1, 0.15) is 5.75 Å². The first-order valence-corrected chi connectivity index (χ1v) is 6.10. The first-order chi connectivity index (χ1) is 9.63. The Morgan fingerprint density at radius 1 is 1.35 bits per heavy atom. The highest BCUT2D eigenvalue weighted by atomic mass is 19.1. The van der Waals surface area contributed by atoms with Crippen LogP contribution in [0, 0.1) is 5.82 Å². The fourth-order valence-electron chi connectivity index (χ4n) is 1.92. The molecule has 1 aromatic heterocycles. The number of para-hydroxylation sites is 1. The zero-order chi connectivity index (χ0) is 14.5. The van der Waals surface area contributed by atoms with E-state index in [2.05, 4.69) is 4.98 Å². The summed E-state index contributed by atoms with van der Waals surface area (Å²) in [6.45, 7) is 0.338. The molecule has 1 aromatic carbocycles. The number of hydrogen-bond acceptors (Lipinski definition) is 3. The summed E-state index contributed by atoms with van der Waals surface area (Å²) in [6, 6.07) is 8.78. The first kappa shape index (κ1) is 14.0. The number of rotatable bonds is 4. The number of ether oxygens (including phenoxy) is 1. The van der Waals surface area contributed by atoms with Crippen molar-refractivity contribution in [3.05, 3.63) is 59.7 Å². The fraction of sp³-hybridized carbons (Fsp3) is 0.200. The average molecular weight is 274 g/mol. The quantitative estimate of drug-likeness (QED) is 0.860. The molecule has 1 heterocycles. The van der Waals surface area contributed by atoms with Crippen LogP contribution in [-0.4, -0.2) is 29.9 Å². The van der Waals surface area contributed by atoms with E-state index in [-0.39, 0.29) is 5.56 Å². The van der Waals surface area contributed by atoms with Gasteiger partial charge in [-0.05, 0) is 12.1 Å². The highest BCUT2D eigenvalue weighted by Gasteiger charge is 2.17. The second kappa shape index (κ2) is 6.14. The molecule has 0 N–H and O–H groups in total. The van der Waals surface area contributed by atoms with Gasteiger partial charge >= 0.3 is 0 Å².